The topological polar surface area (TPSA) is 80.2 Å². The van der Waals surface area contributed by atoms with Gasteiger partial charge in [-0.15, -0.1) is 0 Å². The van der Waals surface area contributed by atoms with Gasteiger partial charge in [0, 0.05) is 50.5 Å². The Hall–Kier alpha value is -2.38. The molecule has 4 heterocycles. The minimum Gasteiger partial charge on any atom is -0.374 e. The molecular weight excluding hydrogens is 318 g/mol. The maximum atomic E-state index is 12.4. The molecule has 7 nitrogen and oxygen atoms in total. The fraction of sp³-hybridized carbons (Fsp3) is 0.444. The van der Waals surface area contributed by atoms with Crippen molar-refractivity contribution in [1.82, 2.24) is 25.2 Å². The van der Waals surface area contributed by atoms with E-state index in [-0.39, 0.29) is 18.1 Å². The highest BCUT2D eigenvalue weighted by molar-refractivity contribution is 5.92. The van der Waals surface area contributed by atoms with Crippen LogP contribution >= 0.6 is 0 Å². The average Bonchev–Trinajstić information content (AvgIpc) is 3.01. The van der Waals surface area contributed by atoms with Crippen LogP contribution in [-0.4, -0.2) is 57.1 Å². The lowest BCUT2D eigenvalue weighted by atomic mass is 10.0. The molecule has 2 aliphatic heterocycles. The van der Waals surface area contributed by atoms with Crippen molar-refractivity contribution in [3.05, 3.63) is 54.4 Å². The molecule has 2 aliphatic rings. The van der Waals surface area contributed by atoms with E-state index in [9.17, 15) is 4.79 Å². The Balaban J connectivity index is 1.48. The molecule has 0 aromatic carbocycles. The van der Waals surface area contributed by atoms with Crippen LogP contribution in [0.3, 0.4) is 0 Å². The lowest BCUT2D eigenvalue weighted by molar-refractivity contribution is -0.0211. The molecule has 4 rings (SSSR count). The van der Waals surface area contributed by atoms with Crippen molar-refractivity contribution in [2.75, 3.05) is 13.2 Å². The minimum absolute atomic E-state index is 0.0195. The number of hydrogen-bond acceptors (Lipinski definition) is 6. The Morgan fingerprint density at radius 2 is 2.20 bits per heavy atom. The second-order valence-corrected chi connectivity index (χ2v) is 6.51. The lowest BCUT2D eigenvalue weighted by Gasteiger charge is -2.32. The van der Waals surface area contributed by atoms with Crippen LogP contribution in [0, 0.1) is 0 Å². The maximum absolute atomic E-state index is 12.4. The highest BCUT2D eigenvalue weighted by Gasteiger charge is 2.44. The van der Waals surface area contributed by atoms with E-state index >= 15 is 0 Å². The molecule has 0 radical (unpaired) electrons. The van der Waals surface area contributed by atoms with Gasteiger partial charge in [0.05, 0.1) is 18.3 Å². The summed E-state index contributed by atoms with van der Waals surface area (Å²) >= 11 is 0. The Bertz CT molecular complexity index is 712. The van der Waals surface area contributed by atoms with Crippen LogP contribution in [0.2, 0.25) is 0 Å². The molecule has 7 heteroatoms. The molecule has 3 atom stereocenters. The molecule has 2 aromatic heterocycles. The highest BCUT2D eigenvalue weighted by atomic mass is 16.5. The number of carbonyl (C=O) groups is 1. The van der Waals surface area contributed by atoms with E-state index in [1.807, 2.05) is 12.3 Å². The number of pyridine rings is 1. The van der Waals surface area contributed by atoms with Crippen molar-refractivity contribution in [2.24, 2.45) is 0 Å². The number of hydrogen-bond donors (Lipinski definition) is 1. The number of fused-ring (bicyclic) bond motifs is 1. The molecule has 0 saturated carbocycles. The summed E-state index contributed by atoms with van der Waals surface area (Å²) in [5.74, 6) is -0.200. The predicted molar refractivity (Wildman–Crippen MR) is 90.7 cm³/mol. The molecule has 1 amide bonds. The van der Waals surface area contributed by atoms with Crippen LogP contribution in [-0.2, 0) is 11.3 Å². The van der Waals surface area contributed by atoms with E-state index in [0.717, 1.165) is 32.5 Å². The number of nitrogens with zero attached hydrogens (tertiary/aromatic N) is 4. The first-order chi connectivity index (χ1) is 12.3. The highest BCUT2D eigenvalue weighted by Crippen LogP contribution is 2.30. The van der Waals surface area contributed by atoms with E-state index < -0.39 is 0 Å². The van der Waals surface area contributed by atoms with Gasteiger partial charge in [-0.2, -0.15) is 0 Å². The Morgan fingerprint density at radius 1 is 1.28 bits per heavy atom. The van der Waals surface area contributed by atoms with E-state index in [0.29, 0.717) is 11.7 Å². The van der Waals surface area contributed by atoms with Crippen molar-refractivity contribution >= 4 is 5.91 Å². The van der Waals surface area contributed by atoms with Crippen molar-refractivity contribution in [3.8, 4) is 0 Å². The molecule has 2 fully saturated rings. The van der Waals surface area contributed by atoms with Crippen LogP contribution in [0.15, 0.2) is 43.1 Å². The number of rotatable bonds is 4. The molecular formula is C18H21N5O2. The molecule has 25 heavy (non-hydrogen) atoms. The molecule has 0 unspecified atom stereocenters. The van der Waals surface area contributed by atoms with Gasteiger partial charge in [0.25, 0.3) is 5.91 Å². The quantitative estimate of drug-likeness (QED) is 0.896. The van der Waals surface area contributed by atoms with Crippen molar-refractivity contribution < 1.29 is 9.53 Å². The maximum Gasteiger partial charge on any atom is 0.271 e. The van der Waals surface area contributed by atoms with Gasteiger partial charge < -0.3 is 10.1 Å². The predicted octanol–water partition coefficient (Wildman–Crippen LogP) is 1.03. The molecule has 0 aliphatic carbocycles. The van der Waals surface area contributed by atoms with Gasteiger partial charge in [-0.3, -0.25) is 19.7 Å². The molecule has 1 N–H and O–H groups in total. The largest absolute Gasteiger partial charge is 0.374 e. The fourth-order valence-corrected chi connectivity index (χ4v) is 3.75. The molecule has 0 spiro atoms. The lowest BCUT2D eigenvalue weighted by Crippen LogP contribution is -2.47. The summed E-state index contributed by atoms with van der Waals surface area (Å²) in [6.07, 6.45) is 10.4. The fourth-order valence-electron chi connectivity index (χ4n) is 3.75. The molecule has 2 aromatic rings. The summed E-state index contributed by atoms with van der Waals surface area (Å²) in [6, 6.07) is 4.31. The monoisotopic (exact) mass is 339 g/mol. The third kappa shape index (κ3) is 3.52. The van der Waals surface area contributed by atoms with Gasteiger partial charge in [0.2, 0.25) is 0 Å². The van der Waals surface area contributed by atoms with Gasteiger partial charge in [-0.1, -0.05) is 6.07 Å². The Kier molecular flexibility index (Phi) is 4.67. The smallest absolute Gasteiger partial charge is 0.271 e. The van der Waals surface area contributed by atoms with Crippen LogP contribution in [0.4, 0.5) is 0 Å². The zero-order chi connectivity index (χ0) is 17.1. The number of ether oxygens (including phenoxy) is 1. The SMILES string of the molecule is O=C(N[C@H]1CN(Cc2cccnc2)[C@H]2CCCO[C@@H]12)c1cnccn1. The number of amides is 1. The van der Waals surface area contributed by atoms with Gasteiger partial charge in [0.15, 0.2) is 0 Å². The summed E-state index contributed by atoms with van der Waals surface area (Å²) in [7, 11) is 0. The van der Waals surface area contributed by atoms with E-state index in [1.165, 1.54) is 18.0 Å². The Morgan fingerprint density at radius 3 is 3.00 bits per heavy atom. The van der Waals surface area contributed by atoms with Gasteiger partial charge in [-0.05, 0) is 24.5 Å². The van der Waals surface area contributed by atoms with Gasteiger partial charge in [0.1, 0.15) is 5.69 Å². The van der Waals surface area contributed by atoms with E-state index in [4.69, 9.17) is 4.74 Å². The molecule has 130 valence electrons. The second kappa shape index (κ2) is 7.25. The van der Waals surface area contributed by atoms with Crippen molar-refractivity contribution in [3.63, 3.8) is 0 Å². The minimum atomic E-state index is -0.200. The number of carbonyl (C=O) groups excluding carboxylic acids is 1. The van der Waals surface area contributed by atoms with Crippen molar-refractivity contribution in [1.29, 1.82) is 0 Å². The number of likely N-dealkylation sites (tertiary alicyclic amines) is 1. The first-order valence-corrected chi connectivity index (χ1v) is 8.63. The zero-order valence-electron chi connectivity index (χ0n) is 13.9. The van der Waals surface area contributed by atoms with E-state index in [1.54, 1.807) is 12.4 Å². The molecule has 0 bridgehead atoms. The second-order valence-electron chi connectivity index (χ2n) is 6.51. The van der Waals surface area contributed by atoms with Crippen LogP contribution in [0.5, 0.6) is 0 Å². The van der Waals surface area contributed by atoms with Crippen molar-refractivity contribution in [2.45, 2.75) is 37.6 Å². The number of aromatic nitrogens is 3. The normalized spacial score (nSPS) is 26.2. The van der Waals surface area contributed by atoms with Gasteiger partial charge in [-0.25, -0.2) is 4.98 Å². The van der Waals surface area contributed by atoms with Crippen LogP contribution in [0.1, 0.15) is 28.9 Å². The summed E-state index contributed by atoms with van der Waals surface area (Å²) < 4.78 is 6.01. The third-order valence-electron chi connectivity index (χ3n) is 4.85. The summed E-state index contributed by atoms with van der Waals surface area (Å²) in [5.41, 5.74) is 1.51. The zero-order valence-corrected chi connectivity index (χ0v) is 13.9. The average molecular weight is 339 g/mol. The Labute approximate surface area is 146 Å². The third-order valence-corrected chi connectivity index (χ3v) is 4.85. The van der Waals surface area contributed by atoms with E-state index in [2.05, 4.69) is 31.2 Å². The van der Waals surface area contributed by atoms with Crippen LogP contribution < -0.4 is 5.32 Å². The first-order valence-electron chi connectivity index (χ1n) is 8.63. The van der Waals surface area contributed by atoms with Gasteiger partial charge >= 0.3 is 0 Å². The standard InChI is InChI=1S/C18H21N5O2/c24-18(14-10-20-6-7-21-14)22-15-12-23(11-13-3-1-5-19-9-13)16-4-2-8-25-17(15)16/h1,3,5-7,9-10,15-17H,2,4,8,11-12H2,(H,22,24)/t15-,16-,17-/m0/s1. The molecule has 2 saturated heterocycles. The summed E-state index contributed by atoms with van der Waals surface area (Å²) in [6.45, 7) is 2.32. The van der Waals surface area contributed by atoms with Crippen LogP contribution in [0.25, 0.3) is 0 Å². The summed E-state index contributed by atoms with van der Waals surface area (Å²) in [5, 5.41) is 3.09. The summed E-state index contributed by atoms with van der Waals surface area (Å²) in [4.78, 5) is 27.1. The first kappa shape index (κ1) is 16.1. The number of nitrogens with one attached hydrogen (secondary N) is 1.